The zero-order chi connectivity index (χ0) is 24.0. The van der Waals surface area contributed by atoms with E-state index in [4.69, 9.17) is 9.47 Å². The van der Waals surface area contributed by atoms with E-state index in [9.17, 15) is 18.0 Å². The maximum Gasteiger partial charge on any atom is 0.417 e. The van der Waals surface area contributed by atoms with Crippen LogP contribution in [-0.2, 0) is 11.0 Å². The number of aryl methyl sites for hydroxylation is 1. The normalized spacial score (nSPS) is 11.6. The molecule has 0 atom stereocenters. The highest BCUT2D eigenvalue weighted by Crippen LogP contribution is 2.30. The number of hydrogen-bond acceptors (Lipinski definition) is 5. The van der Waals surface area contributed by atoms with Crippen molar-refractivity contribution in [1.82, 2.24) is 14.8 Å². The van der Waals surface area contributed by atoms with Crippen molar-refractivity contribution in [2.75, 3.05) is 19.0 Å². The van der Waals surface area contributed by atoms with Gasteiger partial charge in [-0.05, 0) is 49.2 Å². The predicted octanol–water partition coefficient (Wildman–Crippen LogP) is 5.04. The molecular formula is C23H23F3N4O3. The maximum absolute atomic E-state index is 12.8. The number of rotatable bonds is 8. The third-order valence-electron chi connectivity index (χ3n) is 4.45. The minimum absolute atomic E-state index is 0.141. The van der Waals surface area contributed by atoms with Crippen LogP contribution in [0.25, 0.3) is 11.9 Å². The first-order valence-electron chi connectivity index (χ1n) is 10.1. The number of aromatic nitrogens is 3. The van der Waals surface area contributed by atoms with Gasteiger partial charge in [-0.25, -0.2) is 4.98 Å². The molecule has 33 heavy (non-hydrogen) atoms. The Labute approximate surface area is 188 Å². The highest BCUT2D eigenvalue weighted by molar-refractivity contribution is 6.01. The van der Waals surface area contributed by atoms with E-state index >= 15 is 0 Å². The molecule has 0 aliphatic carbocycles. The van der Waals surface area contributed by atoms with E-state index in [-0.39, 0.29) is 11.6 Å². The van der Waals surface area contributed by atoms with Gasteiger partial charge in [0.25, 0.3) is 0 Å². The number of anilines is 1. The fraction of sp³-hybridized carbons (Fsp3) is 0.261. The second-order valence-electron chi connectivity index (χ2n) is 7.07. The molecule has 10 heteroatoms. The monoisotopic (exact) mass is 460 g/mol. The van der Waals surface area contributed by atoms with E-state index in [1.54, 1.807) is 37.3 Å². The molecular weight excluding hydrogens is 437 g/mol. The standard InChI is InChI=1S/C23H23F3N4O3/c1-4-11-33-18-8-5-16(13-19(18)32-3)6-10-22(31)28-21-12-15(2)29-30(21)20-9-7-17(14-27-20)23(24,25)26/h5-10,12-14H,4,11H2,1-3H3,(H,28,31)/b10-6+. The highest BCUT2D eigenvalue weighted by atomic mass is 19.4. The molecule has 0 unspecified atom stereocenters. The van der Waals surface area contributed by atoms with Crippen LogP contribution in [0.1, 0.15) is 30.2 Å². The van der Waals surface area contributed by atoms with Gasteiger partial charge in [-0.2, -0.15) is 23.0 Å². The number of methoxy groups -OCH3 is 1. The number of nitrogens with one attached hydrogen (secondary N) is 1. The van der Waals surface area contributed by atoms with Crippen molar-refractivity contribution in [2.45, 2.75) is 26.4 Å². The topological polar surface area (TPSA) is 78.3 Å². The second-order valence-corrected chi connectivity index (χ2v) is 7.07. The van der Waals surface area contributed by atoms with E-state index in [1.807, 2.05) is 6.92 Å². The van der Waals surface area contributed by atoms with Crippen molar-refractivity contribution in [3.8, 4) is 17.3 Å². The molecule has 1 N–H and O–H groups in total. The van der Waals surface area contributed by atoms with E-state index in [0.717, 1.165) is 24.2 Å². The van der Waals surface area contributed by atoms with Crippen molar-refractivity contribution in [3.63, 3.8) is 0 Å². The number of amides is 1. The fourth-order valence-corrected chi connectivity index (χ4v) is 2.90. The van der Waals surface area contributed by atoms with Gasteiger partial charge in [0.2, 0.25) is 5.91 Å². The SMILES string of the molecule is CCCOc1ccc(/C=C/C(=O)Nc2cc(C)nn2-c2ccc(C(F)(F)F)cn2)cc1OC. The summed E-state index contributed by atoms with van der Waals surface area (Å²) in [4.78, 5) is 16.3. The Morgan fingerprint density at radius 3 is 2.61 bits per heavy atom. The summed E-state index contributed by atoms with van der Waals surface area (Å²) in [6.07, 6.45) is 0.0260. The first-order chi connectivity index (χ1) is 15.7. The first-order valence-corrected chi connectivity index (χ1v) is 10.1. The molecule has 0 fully saturated rings. The van der Waals surface area contributed by atoms with E-state index in [2.05, 4.69) is 15.4 Å². The molecule has 3 rings (SSSR count). The van der Waals surface area contributed by atoms with Gasteiger partial charge in [-0.3, -0.25) is 4.79 Å². The Morgan fingerprint density at radius 1 is 1.18 bits per heavy atom. The number of carbonyl (C=O) groups excluding carboxylic acids is 1. The smallest absolute Gasteiger partial charge is 0.417 e. The number of hydrogen-bond donors (Lipinski definition) is 1. The van der Waals surface area contributed by atoms with Gasteiger partial charge in [0.1, 0.15) is 5.82 Å². The second kappa shape index (κ2) is 10.2. The minimum atomic E-state index is -4.49. The molecule has 0 saturated heterocycles. The summed E-state index contributed by atoms with van der Waals surface area (Å²) >= 11 is 0. The minimum Gasteiger partial charge on any atom is -0.493 e. The molecule has 0 aliphatic rings. The van der Waals surface area contributed by atoms with Gasteiger partial charge in [0, 0.05) is 18.3 Å². The van der Waals surface area contributed by atoms with Crippen LogP contribution in [0.15, 0.2) is 48.7 Å². The molecule has 2 aromatic heterocycles. The highest BCUT2D eigenvalue weighted by Gasteiger charge is 2.30. The molecule has 3 aromatic rings. The molecule has 2 heterocycles. The Morgan fingerprint density at radius 2 is 1.97 bits per heavy atom. The predicted molar refractivity (Wildman–Crippen MR) is 118 cm³/mol. The zero-order valence-electron chi connectivity index (χ0n) is 18.3. The average Bonchev–Trinajstić information content (AvgIpc) is 3.15. The lowest BCUT2D eigenvalue weighted by molar-refractivity contribution is -0.137. The maximum atomic E-state index is 12.8. The Balaban J connectivity index is 1.74. The molecule has 1 amide bonds. The molecule has 1 aromatic carbocycles. The van der Waals surface area contributed by atoms with Crippen LogP contribution in [-0.4, -0.2) is 34.4 Å². The molecule has 7 nitrogen and oxygen atoms in total. The van der Waals surface area contributed by atoms with Crippen molar-refractivity contribution >= 4 is 17.8 Å². The van der Waals surface area contributed by atoms with Crippen LogP contribution >= 0.6 is 0 Å². The van der Waals surface area contributed by atoms with Crippen LogP contribution in [0.3, 0.4) is 0 Å². The van der Waals surface area contributed by atoms with Gasteiger partial charge >= 0.3 is 6.18 Å². The molecule has 0 aliphatic heterocycles. The number of nitrogens with zero attached hydrogens (tertiary/aromatic N) is 3. The summed E-state index contributed by atoms with van der Waals surface area (Å²) < 4.78 is 50.6. The molecule has 0 spiro atoms. The van der Waals surface area contributed by atoms with Gasteiger partial charge in [-0.15, -0.1) is 0 Å². The van der Waals surface area contributed by atoms with Crippen molar-refractivity contribution in [2.24, 2.45) is 0 Å². The average molecular weight is 460 g/mol. The number of ether oxygens (including phenoxy) is 2. The van der Waals surface area contributed by atoms with E-state index in [1.165, 1.54) is 23.9 Å². The van der Waals surface area contributed by atoms with E-state index in [0.29, 0.717) is 23.8 Å². The quantitative estimate of drug-likeness (QED) is 0.477. The van der Waals surface area contributed by atoms with Crippen LogP contribution in [0.5, 0.6) is 11.5 Å². The lowest BCUT2D eigenvalue weighted by atomic mass is 10.2. The molecule has 174 valence electrons. The van der Waals surface area contributed by atoms with Crippen LogP contribution in [0, 0.1) is 6.92 Å². The molecule has 0 bridgehead atoms. The van der Waals surface area contributed by atoms with Crippen molar-refractivity contribution < 1.29 is 27.4 Å². The zero-order valence-corrected chi connectivity index (χ0v) is 18.3. The largest absolute Gasteiger partial charge is 0.493 e. The van der Waals surface area contributed by atoms with Crippen molar-refractivity contribution in [1.29, 1.82) is 0 Å². The Kier molecular flexibility index (Phi) is 7.37. The third-order valence-corrected chi connectivity index (χ3v) is 4.45. The van der Waals surface area contributed by atoms with Crippen LogP contribution < -0.4 is 14.8 Å². The summed E-state index contributed by atoms with van der Waals surface area (Å²) in [6.45, 7) is 4.26. The summed E-state index contributed by atoms with van der Waals surface area (Å²) in [5.74, 6) is 1.13. The summed E-state index contributed by atoms with van der Waals surface area (Å²) in [7, 11) is 1.53. The summed E-state index contributed by atoms with van der Waals surface area (Å²) in [5.41, 5.74) is 0.411. The van der Waals surface area contributed by atoms with Crippen molar-refractivity contribution in [3.05, 3.63) is 65.5 Å². The summed E-state index contributed by atoms with van der Waals surface area (Å²) in [6, 6.07) is 8.99. The molecule has 0 saturated carbocycles. The number of carbonyl (C=O) groups is 1. The lowest BCUT2D eigenvalue weighted by Crippen LogP contribution is -2.13. The fourth-order valence-electron chi connectivity index (χ4n) is 2.90. The Bertz CT molecular complexity index is 1140. The number of pyridine rings is 1. The number of alkyl halides is 3. The number of halogens is 3. The number of benzene rings is 1. The van der Waals surface area contributed by atoms with Crippen LogP contribution in [0.4, 0.5) is 19.0 Å². The van der Waals surface area contributed by atoms with Crippen LogP contribution in [0.2, 0.25) is 0 Å². The third kappa shape index (κ3) is 6.12. The molecule has 0 radical (unpaired) electrons. The lowest BCUT2D eigenvalue weighted by Gasteiger charge is -2.10. The van der Waals surface area contributed by atoms with Gasteiger partial charge in [0.05, 0.1) is 25.0 Å². The van der Waals surface area contributed by atoms with Gasteiger partial charge in [-0.1, -0.05) is 13.0 Å². The van der Waals surface area contributed by atoms with Gasteiger partial charge < -0.3 is 14.8 Å². The first kappa shape index (κ1) is 23.8. The van der Waals surface area contributed by atoms with E-state index < -0.39 is 17.6 Å². The Hall–Kier alpha value is -3.82. The summed E-state index contributed by atoms with van der Waals surface area (Å²) in [5, 5.41) is 6.87. The van der Waals surface area contributed by atoms with Gasteiger partial charge in [0.15, 0.2) is 17.3 Å².